The lowest BCUT2D eigenvalue weighted by Crippen LogP contribution is -2.23. The van der Waals surface area contributed by atoms with Crippen molar-refractivity contribution in [3.63, 3.8) is 0 Å². The molecule has 0 spiro atoms. The Balaban J connectivity index is 1.75. The minimum atomic E-state index is 0.796. The fourth-order valence-electron chi connectivity index (χ4n) is 2.79. The van der Waals surface area contributed by atoms with Gasteiger partial charge in [0, 0.05) is 0 Å². The van der Waals surface area contributed by atoms with Crippen molar-refractivity contribution in [3.8, 4) is 11.5 Å². The topological polar surface area (TPSA) is 30.5 Å². The summed E-state index contributed by atoms with van der Waals surface area (Å²) in [6, 6.07) is 6.15. The molecule has 0 bridgehead atoms. The van der Waals surface area contributed by atoms with E-state index in [4.69, 9.17) is 9.47 Å². The van der Waals surface area contributed by atoms with E-state index in [1.807, 2.05) is 6.07 Å². The van der Waals surface area contributed by atoms with E-state index >= 15 is 0 Å². The highest BCUT2D eigenvalue weighted by Crippen LogP contribution is 2.27. The summed E-state index contributed by atoms with van der Waals surface area (Å²) >= 11 is 0. The molecule has 0 saturated heterocycles. The van der Waals surface area contributed by atoms with Crippen LogP contribution in [-0.2, 0) is 6.42 Å². The molecule has 2 rings (SSSR count). The van der Waals surface area contributed by atoms with Crippen molar-refractivity contribution < 1.29 is 9.47 Å². The SMILES string of the molecule is COc1ccc(CCNCC2CCCC2)cc1OC. The van der Waals surface area contributed by atoms with Gasteiger partial charge in [0.2, 0.25) is 0 Å². The first-order chi connectivity index (χ1) is 9.33. The fraction of sp³-hybridized carbons (Fsp3) is 0.625. The average molecular weight is 263 g/mol. The molecule has 1 aliphatic rings. The molecule has 0 radical (unpaired) electrons. The van der Waals surface area contributed by atoms with Crippen molar-refractivity contribution in [2.24, 2.45) is 5.92 Å². The smallest absolute Gasteiger partial charge is 0.160 e. The van der Waals surface area contributed by atoms with Crippen LogP contribution < -0.4 is 14.8 Å². The highest BCUT2D eigenvalue weighted by atomic mass is 16.5. The summed E-state index contributed by atoms with van der Waals surface area (Å²) in [5.74, 6) is 2.52. The summed E-state index contributed by atoms with van der Waals surface area (Å²) in [6.45, 7) is 2.21. The van der Waals surface area contributed by atoms with Crippen LogP contribution in [0.25, 0.3) is 0 Å². The standard InChI is InChI=1S/C16H25NO2/c1-18-15-8-7-13(11-16(15)19-2)9-10-17-12-14-5-3-4-6-14/h7-8,11,14,17H,3-6,9-10,12H2,1-2H3. The van der Waals surface area contributed by atoms with Crippen molar-refractivity contribution in [1.82, 2.24) is 5.32 Å². The van der Waals surface area contributed by atoms with Gasteiger partial charge in [-0.3, -0.25) is 0 Å². The fourth-order valence-corrected chi connectivity index (χ4v) is 2.79. The number of nitrogens with one attached hydrogen (secondary N) is 1. The number of hydrogen-bond acceptors (Lipinski definition) is 3. The molecule has 106 valence electrons. The molecule has 1 aliphatic carbocycles. The molecule has 19 heavy (non-hydrogen) atoms. The summed E-state index contributed by atoms with van der Waals surface area (Å²) in [6.07, 6.45) is 6.68. The van der Waals surface area contributed by atoms with Crippen molar-refractivity contribution in [2.45, 2.75) is 32.1 Å². The minimum Gasteiger partial charge on any atom is -0.493 e. The molecule has 3 nitrogen and oxygen atoms in total. The third-order valence-electron chi connectivity index (χ3n) is 3.95. The zero-order chi connectivity index (χ0) is 13.5. The van der Waals surface area contributed by atoms with Gasteiger partial charge >= 0.3 is 0 Å². The largest absolute Gasteiger partial charge is 0.493 e. The number of methoxy groups -OCH3 is 2. The van der Waals surface area contributed by atoms with Gasteiger partial charge < -0.3 is 14.8 Å². The second kappa shape index (κ2) is 7.39. The third-order valence-corrected chi connectivity index (χ3v) is 3.95. The molecule has 0 aromatic heterocycles. The number of ether oxygens (including phenoxy) is 2. The summed E-state index contributed by atoms with van der Waals surface area (Å²) in [5.41, 5.74) is 1.29. The van der Waals surface area contributed by atoms with Gasteiger partial charge in [-0.25, -0.2) is 0 Å². The van der Waals surface area contributed by atoms with Gasteiger partial charge in [0.1, 0.15) is 0 Å². The van der Waals surface area contributed by atoms with Crippen LogP contribution in [0.4, 0.5) is 0 Å². The van der Waals surface area contributed by atoms with Gasteiger partial charge in [0.05, 0.1) is 14.2 Å². The Labute approximate surface area is 116 Å². The van der Waals surface area contributed by atoms with Crippen LogP contribution in [0.5, 0.6) is 11.5 Å². The molecule has 0 unspecified atom stereocenters. The highest BCUT2D eigenvalue weighted by molar-refractivity contribution is 5.42. The highest BCUT2D eigenvalue weighted by Gasteiger charge is 2.13. The molecule has 0 aliphatic heterocycles. The number of rotatable bonds is 7. The Hall–Kier alpha value is -1.22. The Morgan fingerprint density at radius 2 is 1.84 bits per heavy atom. The number of benzene rings is 1. The quantitative estimate of drug-likeness (QED) is 0.767. The zero-order valence-corrected chi connectivity index (χ0v) is 12.1. The third kappa shape index (κ3) is 4.13. The van der Waals surface area contributed by atoms with E-state index in [0.717, 1.165) is 30.4 Å². The molecule has 0 heterocycles. The van der Waals surface area contributed by atoms with Crippen LogP contribution in [0, 0.1) is 5.92 Å². The predicted molar refractivity (Wildman–Crippen MR) is 78.1 cm³/mol. The van der Waals surface area contributed by atoms with Gasteiger partial charge in [-0.1, -0.05) is 18.9 Å². The van der Waals surface area contributed by atoms with Crippen molar-refractivity contribution >= 4 is 0 Å². The molecule has 1 fully saturated rings. The zero-order valence-electron chi connectivity index (χ0n) is 12.1. The maximum atomic E-state index is 5.32. The van der Waals surface area contributed by atoms with Crippen LogP contribution in [0.3, 0.4) is 0 Å². The molecule has 1 aromatic rings. The second-order valence-corrected chi connectivity index (χ2v) is 5.29. The van der Waals surface area contributed by atoms with Gasteiger partial charge in [-0.15, -0.1) is 0 Å². The van der Waals surface area contributed by atoms with E-state index < -0.39 is 0 Å². The van der Waals surface area contributed by atoms with Crippen LogP contribution in [0.1, 0.15) is 31.2 Å². The van der Waals surface area contributed by atoms with Crippen LogP contribution >= 0.6 is 0 Å². The second-order valence-electron chi connectivity index (χ2n) is 5.29. The van der Waals surface area contributed by atoms with E-state index in [2.05, 4.69) is 17.4 Å². The lowest BCUT2D eigenvalue weighted by atomic mass is 10.1. The molecule has 0 atom stereocenters. The Morgan fingerprint density at radius 3 is 2.53 bits per heavy atom. The van der Waals surface area contributed by atoms with Gasteiger partial charge in [0.15, 0.2) is 11.5 Å². The molecular weight excluding hydrogens is 238 g/mol. The van der Waals surface area contributed by atoms with E-state index in [1.54, 1.807) is 14.2 Å². The monoisotopic (exact) mass is 263 g/mol. The summed E-state index contributed by atoms with van der Waals surface area (Å²) in [4.78, 5) is 0. The van der Waals surface area contributed by atoms with Gasteiger partial charge in [0.25, 0.3) is 0 Å². The van der Waals surface area contributed by atoms with E-state index in [-0.39, 0.29) is 0 Å². The maximum Gasteiger partial charge on any atom is 0.160 e. The van der Waals surface area contributed by atoms with Gasteiger partial charge in [-0.05, 0) is 56.0 Å². The molecule has 0 amide bonds. The summed E-state index contributed by atoms with van der Waals surface area (Å²) in [5, 5.41) is 3.57. The van der Waals surface area contributed by atoms with Crippen molar-refractivity contribution in [3.05, 3.63) is 23.8 Å². The molecular formula is C16H25NO2. The first kappa shape index (κ1) is 14.2. The summed E-state index contributed by atoms with van der Waals surface area (Å²) < 4.78 is 10.6. The first-order valence-corrected chi connectivity index (χ1v) is 7.25. The lowest BCUT2D eigenvalue weighted by molar-refractivity contribution is 0.354. The first-order valence-electron chi connectivity index (χ1n) is 7.25. The Morgan fingerprint density at radius 1 is 1.11 bits per heavy atom. The van der Waals surface area contributed by atoms with E-state index in [9.17, 15) is 0 Å². The molecule has 1 N–H and O–H groups in total. The Kier molecular flexibility index (Phi) is 5.52. The average Bonchev–Trinajstić information content (AvgIpc) is 2.96. The normalized spacial score (nSPS) is 15.7. The molecule has 3 heteroatoms. The molecule has 1 aromatic carbocycles. The van der Waals surface area contributed by atoms with E-state index in [0.29, 0.717) is 0 Å². The van der Waals surface area contributed by atoms with Crippen LogP contribution in [0.2, 0.25) is 0 Å². The minimum absolute atomic E-state index is 0.796. The predicted octanol–water partition coefficient (Wildman–Crippen LogP) is 3.03. The summed E-state index contributed by atoms with van der Waals surface area (Å²) in [7, 11) is 3.35. The molecule has 1 saturated carbocycles. The van der Waals surface area contributed by atoms with E-state index in [1.165, 1.54) is 37.8 Å². The van der Waals surface area contributed by atoms with Crippen molar-refractivity contribution in [1.29, 1.82) is 0 Å². The van der Waals surface area contributed by atoms with Gasteiger partial charge in [-0.2, -0.15) is 0 Å². The van der Waals surface area contributed by atoms with Crippen LogP contribution in [0.15, 0.2) is 18.2 Å². The lowest BCUT2D eigenvalue weighted by Gasteiger charge is -2.12. The number of hydrogen-bond donors (Lipinski definition) is 1. The van der Waals surface area contributed by atoms with Crippen molar-refractivity contribution in [2.75, 3.05) is 27.3 Å². The Bertz CT molecular complexity index is 386. The van der Waals surface area contributed by atoms with Crippen LogP contribution in [-0.4, -0.2) is 27.3 Å². The maximum absolute atomic E-state index is 5.32.